The van der Waals surface area contributed by atoms with Gasteiger partial charge in [-0.3, -0.25) is 4.79 Å². The van der Waals surface area contributed by atoms with Crippen molar-refractivity contribution in [3.8, 4) is 0 Å². The van der Waals surface area contributed by atoms with Crippen LogP contribution in [0, 0.1) is 0 Å². The molecule has 1 N–H and O–H groups in total. The molecule has 4 nitrogen and oxygen atoms in total. The predicted octanol–water partition coefficient (Wildman–Crippen LogP) is 2.47. The van der Waals surface area contributed by atoms with E-state index in [1.807, 2.05) is 48.0 Å². The second-order valence-electron chi connectivity index (χ2n) is 3.98. The number of carbonyl (C=O) groups excluding carboxylic acids is 1. The summed E-state index contributed by atoms with van der Waals surface area (Å²) in [4.78, 5) is 15.7. The summed E-state index contributed by atoms with van der Waals surface area (Å²) in [7, 11) is 0. The normalized spacial score (nSPS) is 12.1. The maximum Gasteiger partial charge on any atom is 0.226 e. The van der Waals surface area contributed by atoms with E-state index in [-0.39, 0.29) is 11.9 Å². The van der Waals surface area contributed by atoms with Gasteiger partial charge in [-0.05, 0) is 19.1 Å². The molecule has 0 spiro atoms. The Hall–Kier alpha value is -2.10. The standard InChI is InChI=1S/C13H15N3O/c1-11(16-8-7-14-10-16)9-13(17)15-12-5-3-2-4-6-12/h2-8,10-11H,9H2,1H3,(H,15,17)/t11-/m0/s1. The molecule has 0 aliphatic rings. The maximum atomic E-state index is 11.8. The third kappa shape index (κ3) is 3.17. The summed E-state index contributed by atoms with van der Waals surface area (Å²) in [6, 6.07) is 9.58. The smallest absolute Gasteiger partial charge is 0.226 e. The highest BCUT2D eigenvalue weighted by atomic mass is 16.1. The molecule has 2 rings (SSSR count). The van der Waals surface area contributed by atoms with E-state index >= 15 is 0 Å². The predicted molar refractivity (Wildman–Crippen MR) is 66.6 cm³/mol. The van der Waals surface area contributed by atoms with Crippen molar-refractivity contribution in [1.82, 2.24) is 9.55 Å². The van der Waals surface area contributed by atoms with Crippen molar-refractivity contribution < 1.29 is 4.79 Å². The molecule has 2 aromatic rings. The minimum absolute atomic E-state index is 0.0115. The maximum absolute atomic E-state index is 11.8. The first-order chi connectivity index (χ1) is 8.25. The van der Waals surface area contributed by atoms with E-state index in [1.54, 1.807) is 12.5 Å². The van der Waals surface area contributed by atoms with Crippen molar-refractivity contribution in [3.63, 3.8) is 0 Å². The van der Waals surface area contributed by atoms with Crippen LogP contribution < -0.4 is 5.32 Å². The molecule has 0 radical (unpaired) electrons. The van der Waals surface area contributed by atoms with Crippen LogP contribution in [-0.4, -0.2) is 15.5 Å². The zero-order valence-corrected chi connectivity index (χ0v) is 9.71. The van der Waals surface area contributed by atoms with Crippen molar-refractivity contribution in [1.29, 1.82) is 0 Å². The molecule has 1 amide bonds. The van der Waals surface area contributed by atoms with Gasteiger partial charge in [0.2, 0.25) is 5.91 Å². The lowest BCUT2D eigenvalue weighted by molar-refractivity contribution is -0.116. The van der Waals surface area contributed by atoms with Crippen molar-refractivity contribution in [3.05, 3.63) is 49.1 Å². The van der Waals surface area contributed by atoms with Gasteiger partial charge >= 0.3 is 0 Å². The van der Waals surface area contributed by atoms with Crippen LogP contribution in [0.4, 0.5) is 5.69 Å². The Kier molecular flexibility index (Phi) is 3.55. The lowest BCUT2D eigenvalue weighted by atomic mass is 10.2. The number of rotatable bonds is 4. The summed E-state index contributed by atoms with van der Waals surface area (Å²) in [5.41, 5.74) is 0.829. The highest BCUT2D eigenvalue weighted by Gasteiger charge is 2.10. The molecule has 0 aliphatic carbocycles. The van der Waals surface area contributed by atoms with Gasteiger partial charge in [0.15, 0.2) is 0 Å². The average Bonchev–Trinajstić information content (AvgIpc) is 2.83. The number of hydrogen-bond acceptors (Lipinski definition) is 2. The molecule has 1 atom stereocenters. The van der Waals surface area contributed by atoms with Crippen LogP contribution in [0.5, 0.6) is 0 Å². The average molecular weight is 229 g/mol. The summed E-state index contributed by atoms with van der Waals surface area (Å²) in [6.45, 7) is 1.99. The van der Waals surface area contributed by atoms with Gasteiger partial charge in [-0.1, -0.05) is 18.2 Å². The monoisotopic (exact) mass is 229 g/mol. The van der Waals surface area contributed by atoms with Crippen molar-refractivity contribution in [2.45, 2.75) is 19.4 Å². The van der Waals surface area contributed by atoms with Gasteiger partial charge in [0.25, 0.3) is 0 Å². The van der Waals surface area contributed by atoms with Crippen LogP contribution in [0.3, 0.4) is 0 Å². The molecule has 0 fully saturated rings. The Morgan fingerprint density at radius 1 is 1.41 bits per heavy atom. The van der Waals surface area contributed by atoms with Crippen LogP contribution in [0.1, 0.15) is 19.4 Å². The fourth-order valence-corrected chi connectivity index (χ4v) is 1.64. The number of nitrogens with one attached hydrogen (secondary N) is 1. The largest absolute Gasteiger partial charge is 0.334 e. The number of aromatic nitrogens is 2. The van der Waals surface area contributed by atoms with E-state index in [1.165, 1.54) is 0 Å². The molecule has 4 heteroatoms. The highest BCUT2D eigenvalue weighted by molar-refractivity contribution is 5.90. The SMILES string of the molecule is C[C@@H](CC(=O)Nc1ccccc1)n1ccnc1. The highest BCUT2D eigenvalue weighted by Crippen LogP contribution is 2.12. The summed E-state index contributed by atoms with van der Waals surface area (Å²) in [5.74, 6) is 0.0115. The molecule has 0 aliphatic heterocycles. The zero-order valence-electron chi connectivity index (χ0n) is 9.71. The first-order valence-corrected chi connectivity index (χ1v) is 5.58. The first kappa shape index (κ1) is 11.4. The lowest BCUT2D eigenvalue weighted by Crippen LogP contribution is -2.16. The van der Waals surface area contributed by atoms with Crippen molar-refractivity contribution >= 4 is 11.6 Å². The number of para-hydroxylation sites is 1. The number of amides is 1. The van der Waals surface area contributed by atoms with E-state index in [9.17, 15) is 4.79 Å². The van der Waals surface area contributed by atoms with E-state index in [4.69, 9.17) is 0 Å². The molecule has 0 unspecified atom stereocenters. The molecule has 17 heavy (non-hydrogen) atoms. The van der Waals surface area contributed by atoms with Gasteiger partial charge in [-0.25, -0.2) is 4.98 Å². The number of nitrogens with zero attached hydrogens (tertiary/aromatic N) is 2. The Balaban J connectivity index is 1.90. The number of anilines is 1. The van der Waals surface area contributed by atoms with Gasteiger partial charge in [0.05, 0.1) is 6.33 Å². The van der Waals surface area contributed by atoms with E-state index in [2.05, 4.69) is 10.3 Å². The summed E-state index contributed by atoms with van der Waals surface area (Å²) in [5, 5.41) is 2.86. The topological polar surface area (TPSA) is 46.9 Å². The first-order valence-electron chi connectivity index (χ1n) is 5.58. The Morgan fingerprint density at radius 3 is 2.82 bits per heavy atom. The Morgan fingerprint density at radius 2 is 2.18 bits per heavy atom. The molecule has 0 bridgehead atoms. The van der Waals surface area contributed by atoms with Gasteiger partial charge in [-0.2, -0.15) is 0 Å². The Labute approximate surface area is 100 Å². The van der Waals surface area contributed by atoms with Crippen LogP contribution >= 0.6 is 0 Å². The summed E-state index contributed by atoms with van der Waals surface area (Å²) >= 11 is 0. The van der Waals surface area contributed by atoms with Crippen molar-refractivity contribution in [2.24, 2.45) is 0 Å². The van der Waals surface area contributed by atoms with E-state index < -0.39 is 0 Å². The molecule has 1 heterocycles. The fourth-order valence-electron chi connectivity index (χ4n) is 1.64. The van der Waals surface area contributed by atoms with Crippen LogP contribution in [-0.2, 0) is 4.79 Å². The minimum atomic E-state index is 0.0115. The minimum Gasteiger partial charge on any atom is -0.334 e. The molecule has 1 aromatic heterocycles. The number of hydrogen-bond donors (Lipinski definition) is 1. The van der Waals surface area contributed by atoms with Crippen molar-refractivity contribution in [2.75, 3.05) is 5.32 Å². The molecular formula is C13H15N3O. The van der Waals surface area contributed by atoms with Crippen LogP contribution in [0.2, 0.25) is 0 Å². The van der Waals surface area contributed by atoms with Gasteiger partial charge in [0, 0.05) is 30.5 Å². The molecule has 0 saturated heterocycles. The summed E-state index contributed by atoms with van der Waals surface area (Å²) < 4.78 is 1.92. The summed E-state index contributed by atoms with van der Waals surface area (Å²) in [6.07, 6.45) is 5.73. The van der Waals surface area contributed by atoms with E-state index in [0.717, 1.165) is 5.69 Å². The fraction of sp³-hybridized carbons (Fsp3) is 0.231. The number of carbonyl (C=O) groups is 1. The molecule has 1 aromatic carbocycles. The number of imidazole rings is 1. The second-order valence-corrected chi connectivity index (χ2v) is 3.98. The Bertz CT molecular complexity index is 465. The molecular weight excluding hydrogens is 214 g/mol. The van der Waals surface area contributed by atoms with Crippen LogP contribution in [0.15, 0.2) is 49.1 Å². The third-order valence-corrected chi connectivity index (χ3v) is 2.57. The second kappa shape index (κ2) is 5.30. The third-order valence-electron chi connectivity index (χ3n) is 2.57. The molecule has 0 saturated carbocycles. The van der Waals surface area contributed by atoms with Crippen LogP contribution in [0.25, 0.3) is 0 Å². The van der Waals surface area contributed by atoms with Gasteiger partial charge < -0.3 is 9.88 Å². The van der Waals surface area contributed by atoms with Gasteiger partial charge in [-0.15, -0.1) is 0 Å². The zero-order chi connectivity index (χ0) is 12.1. The van der Waals surface area contributed by atoms with E-state index in [0.29, 0.717) is 6.42 Å². The van der Waals surface area contributed by atoms with Gasteiger partial charge in [0.1, 0.15) is 0 Å². The molecule has 88 valence electrons. The quantitative estimate of drug-likeness (QED) is 0.875. The lowest BCUT2D eigenvalue weighted by Gasteiger charge is -2.12. The number of benzene rings is 1.